The van der Waals surface area contributed by atoms with E-state index >= 15 is 0 Å². The van der Waals surface area contributed by atoms with Gasteiger partial charge in [0, 0.05) is 6.42 Å². The lowest BCUT2D eigenvalue weighted by atomic mass is 9.83. The molecule has 0 aromatic heterocycles. The molecule has 2 nitrogen and oxygen atoms in total. The highest BCUT2D eigenvalue weighted by atomic mass is 16.5. The first kappa shape index (κ1) is 9.59. The summed E-state index contributed by atoms with van der Waals surface area (Å²) in [5, 5.41) is 9.88. The lowest BCUT2D eigenvalue weighted by Crippen LogP contribution is -2.30. The zero-order valence-electron chi connectivity index (χ0n) is 8.13. The Morgan fingerprint density at radius 1 is 1.67 bits per heavy atom. The van der Waals surface area contributed by atoms with Gasteiger partial charge in [-0.1, -0.05) is 20.8 Å². The van der Waals surface area contributed by atoms with E-state index in [0.29, 0.717) is 0 Å². The SMILES string of the molecule is CCC(C)(C)C(O)C1=CCCO1. The topological polar surface area (TPSA) is 29.5 Å². The Morgan fingerprint density at radius 2 is 2.33 bits per heavy atom. The van der Waals surface area contributed by atoms with Crippen molar-refractivity contribution in [2.24, 2.45) is 5.41 Å². The third-order valence-corrected chi connectivity index (χ3v) is 2.65. The molecule has 1 atom stereocenters. The van der Waals surface area contributed by atoms with Crippen molar-refractivity contribution in [3.05, 3.63) is 11.8 Å². The number of aliphatic hydroxyl groups excluding tert-OH is 1. The summed E-state index contributed by atoms with van der Waals surface area (Å²) in [6.07, 6.45) is 3.44. The maximum Gasteiger partial charge on any atom is 0.121 e. The van der Waals surface area contributed by atoms with Crippen LogP contribution in [0.2, 0.25) is 0 Å². The minimum Gasteiger partial charge on any atom is -0.495 e. The van der Waals surface area contributed by atoms with E-state index in [0.717, 1.165) is 25.2 Å². The summed E-state index contributed by atoms with van der Waals surface area (Å²) in [7, 11) is 0. The predicted octanol–water partition coefficient (Wildman–Crippen LogP) is 2.09. The standard InChI is InChI=1S/C10H18O2/c1-4-10(2,3)9(11)8-6-5-7-12-8/h6,9,11H,4-5,7H2,1-3H3. The van der Waals surface area contributed by atoms with Crippen molar-refractivity contribution < 1.29 is 9.84 Å². The molecule has 0 aromatic rings. The Kier molecular flexibility index (Phi) is 2.78. The zero-order chi connectivity index (χ0) is 9.19. The molecular formula is C10H18O2. The molecule has 0 radical (unpaired) electrons. The summed E-state index contributed by atoms with van der Waals surface area (Å²) < 4.78 is 5.31. The summed E-state index contributed by atoms with van der Waals surface area (Å²) in [6, 6.07) is 0. The van der Waals surface area contributed by atoms with Gasteiger partial charge in [0.15, 0.2) is 0 Å². The van der Waals surface area contributed by atoms with Gasteiger partial charge in [-0.2, -0.15) is 0 Å². The maximum absolute atomic E-state index is 9.88. The van der Waals surface area contributed by atoms with Crippen molar-refractivity contribution in [3.8, 4) is 0 Å². The molecule has 0 fully saturated rings. The van der Waals surface area contributed by atoms with Crippen LogP contribution in [0, 0.1) is 5.41 Å². The minimum atomic E-state index is -0.440. The molecule has 70 valence electrons. The zero-order valence-corrected chi connectivity index (χ0v) is 8.13. The summed E-state index contributed by atoms with van der Waals surface area (Å²) >= 11 is 0. The summed E-state index contributed by atoms with van der Waals surface area (Å²) in [5.41, 5.74) is -0.0732. The monoisotopic (exact) mass is 170 g/mol. The highest BCUT2D eigenvalue weighted by molar-refractivity contribution is 5.07. The molecule has 1 unspecified atom stereocenters. The molecule has 0 bridgehead atoms. The quantitative estimate of drug-likeness (QED) is 0.702. The van der Waals surface area contributed by atoms with Gasteiger partial charge >= 0.3 is 0 Å². The van der Waals surface area contributed by atoms with Gasteiger partial charge in [0.25, 0.3) is 0 Å². The molecule has 1 aliphatic heterocycles. The van der Waals surface area contributed by atoms with Gasteiger partial charge in [-0.25, -0.2) is 0 Å². The Bertz CT molecular complexity index is 182. The normalized spacial score (nSPS) is 20.2. The van der Waals surface area contributed by atoms with Crippen LogP contribution < -0.4 is 0 Å². The fraction of sp³-hybridized carbons (Fsp3) is 0.800. The first-order chi connectivity index (χ1) is 5.58. The van der Waals surface area contributed by atoms with E-state index in [2.05, 4.69) is 20.8 Å². The molecule has 1 heterocycles. The van der Waals surface area contributed by atoms with E-state index in [1.54, 1.807) is 0 Å². The highest BCUT2D eigenvalue weighted by Crippen LogP contribution is 2.31. The fourth-order valence-corrected chi connectivity index (χ4v) is 1.21. The van der Waals surface area contributed by atoms with Crippen molar-refractivity contribution in [2.75, 3.05) is 6.61 Å². The number of ether oxygens (including phenoxy) is 1. The fourth-order valence-electron chi connectivity index (χ4n) is 1.21. The van der Waals surface area contributed by atoms with Crippen LogP contribution in [0.1, 0.15) is 33.6 Å². The van der Waals surface area contributed by atoms with Gasteiger partial charge in [-0.15, -0.1) is 0 Å². The second kappa shape index (κ2) is 3.48. The Morgan fingerprint density at radius 3 is 2.75 bits per heavy atom. The van der Waals surface area contributed by atoms with Crippen LogP contribution >= 0.6 is 0 Å². The lowest BCUT2D eigenvalue weighted by Gasteiger charge is -2.29. The van der Waals surface area contributed by atoms with Gasteiger partial charge in [-0.05, 0) is 17.9 Å². The summed E-state index contributed by atoms with van der Waals surface area (Å²) in [6.45, 7) is 6.92. The van der Waals surface area contributed by atoms with Gasteiger partial charge in [0.05, 0.1) is 6.61 Å². The van der Waals surface area contributed by atoms with E-state index in [1.165, 1.54) is 0 Å². The van der Waals surface area contributed by atoms with Crippen molar-refractivity contribution in [1.29, 1.82) is 0 Å². The minimum absolute atomic E-state index is 0.0732. The lowest BCUT2D eigenvalue weighted by molar-refractivity contribution is 0.0291. The van der Waals surface area contributed by atoms with Gasteiger partial charge in [-0.3, -0.25) is 0 Å². The van der Waals surface area contributed by atoms with Crippen LogP contribution in [0.4, 0.5) is 0 Å². The first-order valence-corrected chi connectivity index (χ1v) is 4.59. The molecule has 0 spiro atoms. The van der Waals surface area contributed by atoms with Crippen LogP contribution in [0.3, 0.4) is 0 Å². The molecule has 1 N–H and O–H groups in total. The third-order valence-electron chi connectivity index (χ3n) is 2.65. The first-order valence-electron chi connectivity index (χ1n) is 4.59. The van der Waals surface area contributed by atoms with Crippen LogP contribution in [0.5, 0.6) is 0 Å². The largest absolute Gasteiger partial charge is 0.495 e. The second-order valence-corrected chi connectivity index (χ2v) is 3.99. The Balaban J connectivity index is 2.62. The third kappa shape index (κ3) is 1.81. The van der Waals surface area contributed by atoms with E-state index in [4.69, 9.17) is 4.74 Å². The molecule has 0 amide bonds. The summed E-state index contributed by atoms with van der Waals surface area (Å²) in [5.74, 6) is 0.766. The number of rotatable bonds is 3. The van der Waals surface area contributed by atoms with Crippen LogP contribution in [-0.4, -0.2) is 17.8 Å². The van der Waals surface area contributed by atoms with Gasteiger partial charge in [0.2, 0.25) is 0 Å². The molecule has 12 heavy (non-hydrogen) atoms. The van der Waals surface area contributed by atoms with E-state index in [9.17, 15) is 5.11 Å². The van der Waals surface area contributed by atoms with Gasteiger partial charge < -0.3 is 9.84 Å². The molecule has 1 aliphatic rings. The van der Waals surface area contributed by atoms with Gasteiger partial charge in [0.1, 0.15) is 11.9 Å². The molecular weight excluding hydrogens is 152 g/mol. The van der Waals surface area contributed by atoms with Crippen LogP contribution in [0.25, 0.3) is 0 Å². The average molecular weight is 170 g/mol. The molecule has 0 saturated heterocycles. The molecule has 0 aromatic carbocycles. The van der Waals surface area contributed by atoms with Crippen molar-refractivity contribution >= 4 is 0 Å². The smallest absolute Gasteiger partial charge is 0.121 e. The van der Waals surface area contributed by atoms with Crippen molar-refractivity contribution in [2.45, 2.75) is 39.7 Å². The number of hydrogen-bond acceptors (Lipinski definition) is 2. The predicted molar refractivity (Wildman–Crippen MR) is 48.7 cm³/mol. The van der Waals surface area contributed by atoms with Crippen LogP contribution in [0.15, 0.2) is 11.8 Å². The number of hydrogen-bond donors (Lipinski definition) is 1. The number of aliphatic hydroxyl groups is 1. The van der Waals surface area contributed by atoms with Crippen molar-refractivity contribution in [3.63, 3.8) is 0 Å². The maximum atomic E-state index is 9.88. The summed E-state index contributed by atoms with van der Waals surface area (Å²) in [4.78, 5) is 0. The highest BCUT2D eigenvalue weighted by Gasteiger charge is 2.31. The molecule has 0 saturated carbocycles. The Labute approximate surface area is 74.2 Å². The van der Waals surface area contributed by atoms with E-state index < -0.39 is 6.10 Å². The average Bonchev–Trinajstić information content (AvgIpc) is 2.55. The second-order valence-electron chi connectivity index (χ2n) is 3.99. The molecule has 2 heteroatoms. The van der Waals surface area contributed by atoms with E-state index in [-0.39, 0.29) is 5.41 Å². The van der Waals surface area contributed by atoms with Crippen molar-refractivity contribution in [1.82, 2.24) is 0 Å². The molecule has 1 rings (SSSR count). The molecule has 0 aliphatic carbocycles. The van der Waals surface area contributed by atoms with E-state index in [1.807, 2.05) is 6.08 Å². The van der Waals surface area contributed by atoms with Crippen LogP contribution in [-0.2, 0) is 4.74 Å². The Hall–Kier alpha value is -0.500.